The summed E-state index contributed by atoms with van der Waals surface area (Å²) in [4.78, 5) is 32.0. The number of carbonyl (C=O) groups excluding carboxylic acids is 1. The zero-order valence-corrected chi connectivity index (χ0v) is 19.9. The Labute approximate surface area is 211 Å². The Hall–Kier alpha value is -4.91. The fourth-order valence-electron chi connectivity index (χ4n) is 4.33. The molecule has 0 saturated heterocycles. The van der Waals surface area contributed by atoms with Gasteiger partial charge < -0.3 is 10.6 Å². The van der Waals surface area contributed by atoms with E-state index in [1.807, 2.05) is 12.1 Å². The molecule has 4 aromatic heterocycles. The van der Waals surface area contributed by atoms with Gasteiger partial charge in [-0.25, -0.2) is 19.3 Å². The Bertz CT molecular complexity index is 1720. The number of anilines is 1. The van der Waals surface area contributed by atoms with Crippen LogP contribution in [0.2, 0.25) is 0 Å². The van der Waals surface area contributed by atoms with Gasteiger partial charge in [-0.3, -0.25) is 14.5 Å². The van der Waals surface area contributed by atoms with Crippen LogP contribution < -0.4 is 5.73 Å². The van der Waals surface area contributed by atoms with Crippen molar-refractivity contribution in [2.75, 3.05) is 5.73 Å². The van der Waals surface area contributed by atoms with E-state index in [0.29, 0.717) is 33.1 Å². The van der Waals surface area contributed by atoms with Crippen molar-refractivity contribution in [3.05, 3.63) is 83.6 Å². The Morgan fingerprint density at radius 1 is 1.11 bits per heavy atom. The molecule has 0 aliphatic heterocycles. The lowest BCUT2D eigenvalue weighted by atomic mass is 10.1. The van der Waals surface area contributed by atoms with Gasteiger partial charge in [0.2, 0.25) is 0 Å². The quantitative estimate of drug-likeness (QED) is 0.383. The normalized spacial score (nSPS) is 12.9. The first kappa shape index (κ1) is 22.5. The summed E-state index contributed by atoms with van der Waals surface area (Å²) in [5, 5.41) is 5.53. The fraction of sp³-hybridized carbons (Fsp3) is 0.185. The minimum absolute atomic E-state index is 0.0129. The number of aryl methyl sites for hydroxylation is 1. The molecule has 37 heavy (non-hydrogen) atoms. The van der Waals surface area contributed by atoms with E-state index in [1.54, 1.807) is 47.5 Å². The van der Waals surface area contributed by atoms with Crippen molar-refractivity contribution in [1.82, 2.24) is 34.6 Å². The largest absolute Gasteiger partial charge is 0.383 e. The molecule has 0 spiro atoms. The second-order valence-electron chi connectivity index (χ2n) is 8.96. The third-order valence-corrected chi connectivity index (χ3v) is 6.34. The van der Waals surface area contributed by atoms with Crippen molar-refractivity contribution in [2.24, 2.45) is 7.05 Å². The number of hydrogen-bond donors (Lipinski definition) is 1. The van der Waals surface area contributed by atoms with E-state index in [2.05, 4.69) is 36.9 Å². The van der Waals surface area contributed by atoms with Crippen LogP contribution in [0.1, 0.15) is 40.0 Å². The van der Waals surface area contributed by atoms with Crippen LogP contribution in [0.4, 0.5) is 10.2 Å². The Kier molecular flexibility index (Phi) is 5.45. The third kappa shape index (κ3) is 4.31. The number of nitrogen functional groups attached to an aromatic ring is 1. The maximum atomic E-state index is 15.2. The van der Waals surface area contributed by atoms with Gasteiger partial charge in [0.05, 0.1) is 46.0 Å². The lowest BCUT2D eigenvalue weighted by Crippen LogP contribution is -2.33. The summed E-state index contributed by atoms with van der Waals surface area (Å²) in [6.45, 7) is 0.266. The number of rotatable bonds is 4. The number of amides is 1. The average molecular weight is 493 g/mol. The molecule has 182 valence electrons. The van der Waals surface area contributed by atoms with Gasteiger partial charge in [0.1, 0.15) is 18.0 Å². The number of halogens is 1. The van der Waals surface area contributed by atoms with Gasteiger partial charge in [-0.15, -0.1) is 0 Å². The van der Waals surface area contributed by atoms with E-state index in [-0.39, 0.29) is 29.9 Å². The van der Waals surface area contributed by atoms with Gasteiger partial charge in [-0.05, 0) is 31.0 Å². The lowest BCUT2D eigenvalue weighted by Gasteiger charge is -2.22. The zero-order valence-electron chi connectivity index (χ0n) is 19.9. The molecular weight excluding hydrogens is 471 g/mol. The van der Waals surface area contributed by atoms with Crippen LogP contribution in [-0.2, 0) is 13.6 Å². The van der Waals surface area contributed by atoms with Crippen LogP contribution >= 0.6 is 0 Å². The van der Waals surface area contributed by atoms with E-state index in [0.717, 1.165) is 18.4 Å². The van der Waals surface area contributed by atoms with Crippen LogP contribution in [0, 0.1) is 17.7 Å². The van der Waals surface area contributed by atoms with E-state index >= 15 is 4.39 Å². The maximum absolute atomic E-state index is 15.2. The number of nitrogens with two attached hydrogens (primary N) is 1. The standard InChI is InChI=1S/C27H21FN8O/c1-35-25-21-8-20(23(28)9-24(21)34-26(29)22(25)13-33-35)27(37)36(19-6-7-19)14-18-5-4-16(12-32-18)2-3-17-10-30-15-31-11-17/h4-5,8-13,15,19H,6-7,14H2,1H3,(H2,29,34). The summed E-state index contributed by atoms with van der Waals surface area (Å²) < 4.78 is 16.9. The van der Waals surface area contributed by atoms with Crippen molar-refractivity contribution in [3.63, 3.8) is 0 Å². The predicted octanol–water partition coefficient (Wildman–Crippen LogP) is 3.23. The van der Waals surface area contributed by atoms with Crippen molar-refractivity contribution < 1.29 is 9.18 Å². The minimum atomic E-state index is -0.639. The van der Waals surface area contributed by atoms with E-state index < -0.39 is 5.82 Å². The molecule has 0 radical (unpaired) electrons. The predicted molar refractivity (Wildman–Crippen MR) is 136 cm³/mol. The Morgan fingerprint density at radius 2 is 1.89 bits per heavy atom. The van der Waals surface area contributed by atoms with Gasteiger partial charge in [-0.2, -0.15) is 5.10 Å². The molecule has 0 bridgehead atoms. The number of aromatic nitrogens is 6. The van der Waals surface area contributed by atoms with Crippen molar-refractivity contribution >= 4 is 33.5 Å². The first-order valence-electron chi connectivity index (χ1n) is 11.7. The molecule has 2 N–H and O–H groups in total. The smallest absolute Gasteiger partial charge is 0.257 e. The van der Waals surface area contributed by atoms with Gasteiger partial charge in [-0.1, -0.05) is 11.8 Å². The van der Waals surface area contributed by atoms with Crippen LogP contribution in [-0.4, -0.2) is 46.6 Å². The highest BCUT2D eigenvalue weighted by Gasteiger charge is 2.34. The molecular formula is C27H21FN8O. The topological polar surface area (TPSA) is 116 Å². The van der Waals surface area contributed by atoms with Crippen LogP contribution in [0.3, 0.4) is 0 Å². The Balaban J connectivity index is 1.30. The number of pyridine rings is 2. The van der Waals surface area contributed by atoms with Crippen LogP contribution in [0.5, 0.6) is 0 Å². The molecule has 10 heteroatoms. The summed E-state index contributed by atoms with van der Waals surface area (Å²) >= 11 is 0. The average Bonchev–Trinajstić information content (AvgIpc) is 3.68. The van der Waals surface area contributed by atoms with Gasteiger partial charge in [0.15, 0.2) is 0 Å². The molecule has 0 unspecified atom stereocenters. The minimum Gasteiger partial charge on any atom is -0.383 e. The van der Waals surface area contributed by atoms with E-state index in [1.165, 1.54) is 12.4 Å². The summed E-state index contributed by atoms with van der Waals surface area (Å²) in [5.74, 6) is 5.26. The third-order valence-electron chi connectivity index (χ3n) is 6.34. The zero-order chi connectivity index (χ0) is 25.5. The molecule has 6 rings (SSSR count). The highest BCUT2D eigenvalue weighted by Crippen LogP contribution is 2.33. The molecule has 1 aliphatic carbocycles. The molecule has 1 fully saturated rings. The second-order valence-corrected chi connectivity index (χ2v) is 8.96. The molecule has 0 atom stereocenters. The second kappa shape index (κ2) is 8.95. The summed E-state index contributed by atoms with van der Waals surface area (Å²) in [5.41, 5.74) is 9.23. The molecule has 1 aliphatic rings. The molecule has 1 aromatic carbocycles. The van der Waals surface area contributed by atoms with E-state index in [9.17, 15) is 4.79 Å². The highest BCUT2D eigenvalue weighted by molar-refractivity contribution is 6.10. The molecule has 1 amide bonds. The van der Waals surface area contributed by atoms with Gasteiger partial charge in [0, 0.05) is 48.7 Å². The fourth-order valence-corrected chi connectivity index (χ4v) is 4.33. The van der Waals surface area contributed by atoms with Crippen LogP contribution in [0.15, 0.2) is 55.4 Å². The summed E-state index contributed by atoms with van der Waals surface area (Å²) in [7, 11) is 1.77. The number of hydrogen-bond acceptors (Lipinski definition) is 7. The molecule has 1 saturated carbocycles. The molecule has 4 heterocycles. The van der Waals surface area contributed by atoms with Crippen molar-refractivity contribution in [2.45, 2.75) is 25.4 Å². The molecule has 9 nitrogen and oxygen atoms in total. The summed E-state index contributed by atoms with van der Waals surface area (Å²) in [6, 6.07) is 6.54. The number of carbonyl (C=O) groups is 1. The first-order valence-corrected chi connectivity index (χ1v) is 11.7. The monoisotopic (exact) mass is 492 g/mol. The van der Waals surface area contributed by atoms with Crippen molar-refractivity contribution in [1.29, 1.82) is 0 Å². The Morgan fingerprint density at radius 3 is 2.62 bits per heavy atom. The number of fused-ring (bicyclic) bond motifs is 3. The van der Waals surface area contributed by atoms with Gasteiger partial charge >= 0.3 is 0 Å². The highest BCUT2D eigenvalue weighted by atomic mass is 19.1. The number of benzene rings is 1. The van der Waals surface area contributed by atoms with Gasteiger partial charge in [0.25, 0.3) is 5.91 Å². The van der Waals surface area contributed by atoms with Crippen LogP contribution in [0.25, 0.3) is 21.8 Å². The maximum Gasteiger partial charge on any atom is 0.257 e. The van der Waals surface area contributed by atoms with Crippen molar-refractivity contribution in [3.8, 4) is 11.8 Å². The molecule has 5 aromatic rings. The van der Waals surface area contributed by atoms with E-state index in [4.69, 9.17) is 5.73 Å². The summed E-state index contributed by atoms with van der Waals surface area (Å²) in [6.07, 6.45) is 9.74. The SMILES string of the molecule is Cn1ncc2c(N)nc3cc(F)c(C(=O)N(Cc4ccc(C#Cc5cncnc5)cn4)C4CC4)cc3c21. The number of nitrogens with zero attached hydrogens (tertiary/aromatic N) is 7. The lowest BCUT2D eigenvalue weighted by molar-refractivity contribution is 0.0723. The first-order chi connectivity index (χ1) is 18.0.